The van der Waals surface area contributed by atoms with Gasteiger partial charge < -0.3 is 5.32 Å². The Morgan fingerprint density at radius 1 is 1.04 bits per heavy atom. The monoisotopic (exact) mass is 364 g/mol. The summed E-state index contributed by atoms with van der Waals surface area (Å²) in [6, 6.07) is 7.69. The van der Waals surface area contributed by atoms with Gasteiger partial charge >= 0.3 is 0 Å². The summed E-state index contributed by atoms with van der Waals surface area (Å²) in [6.07, 6.45) is 0. The first kappa shape index (κ1) is 17.9. The maximum absolute atomic E-state index is 13.7. The third kappa shape index (κ3) is 4.51. The molecule has 0 spiro atoms. The number of carbonyl (C=O) groups excluding carboxylic acids is 1. The SMILES string of the molecule is O=C(NC(=S)Nc1cc([N+](=O)[O-])ccc1F)c1cccc([N+](=O)[O-])c1. The first-order valence-electron chi connectivity index (χ1n) is 6.58. The molecule has 0 fully saturated rings. The molecule has 128 valence electrons. The number of amides is 1. The molecular formula is C14H9FN4O5S. The Balaban J connectivity index is 2.11. The summed E-state index contributed by atoms with van der Waals surface area (Å²) in [5.41, 5.74) is -0.968. The number of carbonyl (C=O) groups is 1. The van der Waals surface area contributed by atoms with E-state index in [1.807, 2.05) is 0 Å². The largest absolute Gasteiger partial charge is 0.330 e. The Hall–Kier alpha value is -3.47. The molecule has 0 radical (unpaired) electrons. The molecule has 0 unspecified atom stereocenters. The third-order valence-corrected chi connectivity index (χ3v) is 3.16. The van der Waals surface area contributed by atoms with Crippen LogP contribution in [0.2, 0.25) is 0 Å². The molecule has 0 atom stereocenters. The van der Waals surface area contributed by atoms with Crippen LogP contribution in [-0.2, 0) is 0 Å². The highest BCUT2D eigenvalue weighted by Crippen LogP contribution is 2.21. The fourth-order valence-electron chi connectivity index (χ4n) is 1.81. The van der Waals surface area contributed by atoms with E-state index in [4.69, 9.17) is 12.2 Å². The summed E-state index contributed by atoms with van der Waals surface area (Å²) in [4.78, 5) is 32.0. The van der Waals surface area contributed by atoms with Crippen LogP contribution in [0.1, 0.15) is 10.4 Å². The third-order valence-electron chi connectivity index (χ3n) is 2.96. The summed E-state index contributed by atoms with van der Waals surface area (Å²) in [7, 11) is 0. The lowest BCUT2D eigenvalue weighted by Gasteiger charge is -2.10. The van der Waals surface area contributed by atoms with E-state index in [0.717, 1.165) is 24.3 Å². The average Bonchev–Trinajstić information content (AvgIpc) is 2.56. The van der Waals surface area contributed by atoms with Crippen molar-refractivity contribution in [2.75, 3.05) is 5.32 Å². The predicted molar refractivity (Wildman–Crippen MR) is 89.8 cm³/mol. The molecule has 0 saturated carbocycles. The van der Waals surface area contributed by atoms with Gasteiger partial charge in [-0.25, -0.2) is 4.39 Å². The van der Waals surface area contributed by atoms with Crippen LogP contribution >= 0.6 is 12.2 Å². The average molecular weight is 364 g/mol. The number of nitrogens with zero attached hydrogens (tertiary/aromatic N) is 2. The Bertz CT molecular complexity index is 889. The van der Waals surface area contributed by atoms with E-state index in [9.17, 15) is 29.4 Å². The second-order valence-electron chi connectivity index (χ2n) is 4.64. The first-order valence-corrected chi connectivity index (χ1v) is 6.99. The molecular weight excluding hydrogens is 355 g/mol. The van der Waals surface area contributed by atoms with Gasteiger partial charge in [-0.15, -0.1) is 0 Å². The number of hydrogen-bond acceptors (Lipinski definition) is 6. The van der Waals surface area contributed by atoms with E-state index in [2.05, 4.69) is 10.6 Å². The Morgan fingerprint density at radius 3 is 2.32 bits per heavy atom. The van der Waals surface area contributed by atoms with Crippen LogP contribution in [0.25, 0.3) is 0 Å². The predicted octanol–water partition coefficient (Wildman–Crippen LogP) is 2.77. The van der Waals surface area contributed by atoms with Crippen molar-refractivity contribution in [3.63, 3.8) is 0 Å². The van der Waals surface area contributed by atoms with Gasteiger partial charge in [0.1, 0.15) is 5.82 Å². The number of nitrogens with one attached hydrogen (secondary N) is 2. The number of nitro benzene ring substituents is 2. The zero-order chi connectivity index (χ0) is 18.6. The molecule has 2 N–H and O–H groups in total. The maximum Gasteiger partial charge on any atom is 0.271 e. The number of nitro groups is 2. The van der Waals surface area contributed by atoms with Gasteiger partial charge in [-0.1, -0.05) is 6.07 Å². The van der Waals surface area contributed by atoms with Gasteiger partial charge in [0.05, 0.1) is 15.5 Å². The Morgan fingerprint density at radius 2 is 1.68 bits per heavy atom. The molecule has 0 saturated heterocycles. The second-order valence-corrected chi connectivity index (χ2v) is 5.05. The molecule has 9 nitrogen and oxygen atoms in total. The highest BCUT2D eigenvalue weighted by Gasteiger charge is 2.15. The second kappa shape index (κ2) is 7.40. The number of anilines is 1. The van der Waals surface area contributed by atoms with Gasteiger partial charge in [0.2, 0.25) is 0 Å². The van der Waals surface area contributed by atoms with E-state index in [0.29, 0.717) is 0 Å². The fraction of sp³-hybridized carbons (Fsp3) is 0. The van der Waals surface area contributed by atoms with Crippen LogP contribution < -0.4 is 10.6 Å². The summed E-state index contributed by atoms with van der Waals surface area (Å²) < 4.78 is 13.7. The summed E-state index contributed by atoms with van der Waals surface area (Å²) in [5.74, 6) is -1.57. The molecule has 2 aromatic carbocycles. The van der Waals surface area contributed by atoms with Crippen LogP contribution in [-0.4, -0.2) is 20.9 Å². The van der Waals surface area contributed by atoms with E-state index < -0.39 is 21.6 Å². The van der Waals surface area contributed by atoms with Crippen molar-refractivity contribution in [1.82, 2.24) is 5.32 Å². The van der Waals surface area contributed by atoms with Crippen molar-refractivity contribution in [2.45, 2.75) is 0 Å². The number of hydrogen-bond donors (Lipinski definition) is 2. The van der Waals surface area contributed by atoms with Crippen LogP contribution in [0.5, 0.6) is 0 Å². The Kier molecular flexibility index (Phi) is 5.29. The number of non-ortho nitro benzene ring substituents is 2. The van der Waals surface area contributed by atoms with Gasteiger partial charge in [0.25, 0.3) is 17.3 Å². The van der Waals surface area contributed by atoms with Crippen LogP contribution in [0.4, 0.5) is 21.5 Å². The smallest absolute Gasteiger partial charge is 0.271 e. The van der Waals surface area contributed by atoms with Crippen molar-refractivity contribution >= 4 is 40.3 Å². The minimum Gasteiger partial charge on any atom is -0.330 e. The number of benzene rings is 2. The van der Waals surface area contributed by atoms with E-state index in [-0.39, 0.29) is 27.7 Å². The topological polar surface area (TPSA) is 127 Å². The molecule has 0 aromatic heterocycles. The van der Waals surface area contributed by atoms with Crippen molar-refractivity contribution in [2.24, 2.45) is 0 Å². The van der Waals surface area contributed by atoms with E-state index in [1.165, 1.54) is 18.2 Å². The zero-order valence-corrected chi connectivity index (χ0v) is 13.1. The maximum atomic E-state index is 13.7. The summed E-state index contributed by atoms with van der Waals surface area (Å²) in [5, 5.41) is 25.6. The molecule has 25 heavy (non-hydrogen) atoms. The molecule has 0 bridgehead atoms. The normalized spacial score (nSPS) is 9.96. The minimum atomic E-state index is -0.808. The molecule has 0 heterocycles. The molecule has 0 aliphatic carbocycles. The lowest BCUT2D eigenvalue weighted by molar-refractivity contribution is -0.385. The molecule has 2 aromatic rings. The van der Waals surface area contributed by atoms with Crippen molar-refractivity contribution in [1.29, 1.82) is 0 Å². The van der Waals surface area contributed by atoms with Crippen molar-refractivity contribution < 1.29 is 19.0 Å². The van der Waals surface area contributed by atoms with Gasteiger partial charge in [0.15, 0.2) is 5.11 Å². The lowest BCUT2D eigenvalue weighted by atomic mass is 10.2. The fourth-order valence-corrected chi connectivity index (χ4v) is 2.01. The van der Waals surface area contributed by atoms with Crippen LogP contribution in [0.3, 0.4) is 0 Å². The molecule has 0 aliphatic heterocycles. The summed E-state index contributed by atoms with van der Waals surface area (Å²) in [6.45, 7) is 0. The zero-order valence-electron chi connectivity index (χ0n) is 12.3. The minimum absolute atomic E-state index is 0.0298. The first-order chi connectivity index (χ1) is 11.8. The highest BCUT2D eigenvalue weighted by atomic mass is 32.1. The van der Waals surface area contributed by atoms with Crippen molar-refractivity contribution in [3.05, 3.63) is 74.1 Å². The van der Waals surface area contributed by atoms with Gasteiger partial charge in [-0.05, 0) is 24.4 Å². The standard InChI is InChI=1S/C14H9FN4O5S/c15-11-5-4-10(19(23)24)7-12(11)16-14(25)17-13(20)8-2-1-3-9(6-8)18(21)22/h1-7H,(H2,16,17,20,25). The van der Waals surface area contributed by atoms with Crippen LogP contribution in [0, 0.1) is 26.0 Å². The highest BCUT2D eigenvalue weighted by molar-refractivity contribution is 7.80. The number of halogens is 1. The number of thiocarbonyl (C=S) groups is 1. The molecule has 1 amide bonds. The quantitative estimate of drug-likeness (QED) is 0.485. The van der Waals surface area contributed by atoms with Gasteiger partial charge in [0, 0.05) is 29.8 Å². The van der Waals surface area contributed by atoms with Crippen molar-refractivity contribution in [3.8, 4) is 0 Å². The van der Waals surface area contributed by atoms with E-state index >= 15 is 0 Å². The molecule has 0 aliphatic rings. The molecule has 2 rings (SSSR count). The molecule has 11 heteroatoms. The van der Waals surface area contributed by atoms with E-state index in [1.54, 1.807) is 0 Å². The van der Waals surface area contributed by atoms with Gasteiger partial charge in [-0.3, -0.25) is 30.3 Å². The Labute approximate surface area is 144 Å². The lowest BCUT2D eigenvalue weighted by Crippen LogP contribution is -2.34. The van der Waals surface area contributed by atoms with Gasteiger partial charge in [-0.2, -0.15) is 0 Å². The summed E-state index contributed by atoms with van der Waals surface area (Å²) >= 11 is 4.85. The van der Waals surface area contributed by atoms with Crippen LogP contribution in [0.15, 0.2) is 42.5 Å². The number of rotatable bonds is 4.